The minimum absolute atomic E-state index is 0.186. The van der Waals surface area contributed by atoms with Gasteiger partial charge in [0, 0.05) is 17.9 Å². The molecule has 0 bridgehead atoms. The van der Waals surface area contributed by atoms with Gasteiger partial charge in [0.15, 0.2) is 0 Å². The summed E-state index contributed by atoms with van der Waals surface area (Å²) in [6, 6.07) is 2.36. The summed E-state index contributed by atoms with van der Waals surface area (Å²) in [5.41, 5.74) is 1.09. The van der Waals surface area contributed by atoms with Gasteiger partial charge in [-0.25, -0.2) is 0 Å². The molecule has 0 atom stereocenters. The average Bonchev–Trinajstić information content (AvgIpc) is 2.75. The average molecular weight is 318 g/mol. The quantitative estimate of drug-likeness (QED) is 0.724. The van der Waals surface area contributed by atoms with Crippen LogP contribution in [-0.2, 0) is 0 Å². The highest BCUT2D eigenvalue weighted by Gasteiger charge is 2.23. The summed E-state index contributed by atoms with van der Waals surface area (Å²) < 4.78 is 0. The lowest BCUT2D eigenvalue weighted by atomic mass is 10.1. The Morgan fingerprint density at radius 2 is 2.12 bits per heavy atom. The van der Waals surface area contributed by atoms with Crippen LogP contribution in [0.2, 0.25) is 0 Å². The number of hydrogen-bond acceptors (Lipinski definition) is 2. The summed E-state index contributed by atoms with van der Waals surface area (Å²) in [6.07, 6.45) is 2.03. The Labute approximate surface area is 116 Å². The molecular weight excluding hydrogens is 298 g/mol. The van der Waals surface area contributed by atoms with Crippen molar-refractivity contribution in [2.45, 2.75) is 39.7 Å². The summed E-state index contributed by atoms with van der Waals surface area (Å²) in [6.45, 7) is 7.07. The van der Waals surface area contributed by atoms with Crippen molar-refractivity contribution in [2.75, 3.05) is 11.9 Å². The zero-order chi connectivity index (χ0) is 12.8. The van der Waals surface area contributed by atoms with Crippen LogP contribution in [0.1, 0.15) is 41.9 Å². The highest BCUT2D eigenvalue weighted by atomic mass is 79.9. The molecule has 0 fully saturated rings. The summed E-state index contributed by atoms with van der Waals surface area (Å²) in [5, 5.41) is 2.82. The van der Waals surface area contributed by atoms with Gasteiger partial charge in [0.1, 0.15) is 0 Å². The first-order chi connectivity index (χ1) is 8.15. The maximum Gasteiger partial charge on any atom is 0.264 e. The van der Waals surface area contributed by atoms with Crippen molar-refractivity contribution < 1.29 is 4.79 Å². The number of halogens is 1. The largest absolute Gasteiger partial charge is 0.334 e. The van der Waals surface area contributed by atoms with Crippen LogP contribution in [0, 0.1) is 6.92 Å². The monoisotopic (exact) mass is 317 g/mol. The fraction of sp³-hybridized carbons (Fsp3) is 0.615. The SMILES string of the molecule is CCC(CC)N(CCBr)C(=O)c1sccc1C. The van der Waals surface area contributed by atoms with Crippen molar-refractivity contribution in [3.05, 3.63) is 21.9 Å². The molecule has 17 heavy (non-hydrogen) atoms. The molecule has 0 aliphatic rings. The molecule has 0 saturated carbocycles. The molecule has 0 saturated heterocycles. The molecule has 0 aromatic carbocycles. The maximum absolute atomic E-state index is 12.5. The summed E-state index contributed by atoms with van der Waals surface area (Å²) >= 11 is 4.98. The van der Waals surface area contributed by atoms with Crippen LogP contribution in [0.25, 0.3) is 0 Å². The van der Waals surface area contributed by atoms with E-state index in [-0.39, 0.29) is 5.91 Å². The lowest BCUT2D eigenvalue weighted by molar-refractivity contribution is 0.0687. The number of carbonyl (C=O) groups is 1. The van der Waals surface area contributed by atoms with Gasteiger partial charge in [-0.1, -0.05) is 29.8 Å². The molecule has 2 nitrogen and oxygen atoms in total. The van der Waals surface area contributed by atoms with E-state index in [1.54, 1.807) is 11.3 Å². The van der Waals surface area contributed by atoms with Gasteiger partial charge in [-0.2, -0.15) is 0 Å². The van der Waals surface area contributed by atoms with Crippen molar-refractivity contribution in [3.8, 4) is 0 Å². The molecule has 0 unspecified atom stereocenters. The van der Waals surface area contributed by atoms with Crippen molar-refractivity contribution in [1.82, 2.24) is 4.90 Å². The lowest BCUT2D eigenvalue weighted by Crippen LogP contribution is -2.40. The van der Waals surface area contributed by atoms with Crippen LogP contribution in [-0.4, -0.2) is 28.7 Å². The normalized spacial score (nSPS) is 10.9. The lowest BCUT2D eigenvalue weighted by Gasteiger charge is -2.30. The first-order valence-corrected chi connectivity index (χ1v) is 8.06. The van der Waals surface area contributed by atoms with Crippen LogP contribution in [0.15, 0.2) is 11.4 Å². The zero-order valence-corrected chi connectivity index (χ0v) is 13.1. The highest BCUT2D eigenvalue weighted by Crippen LogP contribution is 2.21. The van der Waals surface area contributed by atoms with E-state index >= 15 is 0 Å². The van der Waals surface area contributed by atoms with E-state index in [0.29, 0.717) is 6.04 Å². The molecule has 1 amide bonds. The van der Waals surface area contributed by atoms with E-state index in [0.717, 1.165) is 35.2 Å². The van der Waals surface area contributed by atoms with Gasteiger partial charge >= 0.3 is 0 Å². The second-order valence-electron chi connectivity index (χ2n) is 4.09. The van der Waals surface area contributed by atoms with Crippen LogP contribution < -0.4 is 0 Å². The van der Waals surface area contributed by atoms with Gasteiger partial charge in [-0.15, -0.1) is 11.3 Å². The van der Waals surface area contributed by atoms with Gasteiger partial charge in [0.25, 0.3) is 5.91 Å². The third-order valence-corrected chi connectivity index (χ3v) is 4.38. The number of amides is 1. The van der Waals surface area contributed by atoms with Crippen molar-refractivity contribution in [3.63, 3.8) is 0 Å². The van der Waals surface area contributed by atoms with E-state index in [4.69, 9.17) is 0 Å². The van der Waals surface area contributed by atoms with Crippen molar-refractivity contribution in [1.29, 1.82) is 0 Å². The molecule has 0 aliphatic carbocycles. The minimum atomic E-state index is 0.186. The van der Waals surface area contributed by atoms with E-state index in [1.807, 2.05) is 23.3 Å². The molecule has 0 spiro atoms. The van der Waals surface area contributed by atoms with Crippen LogP contribution in [0.4, 0.5) is 0 Å². The first kappa shape index (κ1) is 14.7. The summed E-state index contributed by atoms with van der Waals surface area (Å²) in [5.74, 6) is 0.186. The molecule has 1 aromatic rings. The minimum Gasteiger partial charge on any atom is -0.334 e. The van der Waals surface area contributed by atoms with E-state index in [9.17, 15) is 4.79 Å². The van der Waals surface area contributed by atoms with Crippen LogP contribution in [0.3, 0.4) is 0 Å². The molecule has 1 rings (SSSR count). The Kier molecular flexibility index (Phi) is 6.20. The number of aryl methyl sites for hydroxylation is 1. The van der Waals surface area contributed by atoms with Gasteiger partial charge in [0.2, 0.25) is 0 Å². The zero-order valence-electron chi connectivity index (χ0n) is 10.7. The van der Waals surface area contributed by atoms with E-state index in [2.05, 4.69) is 29.8 Å². The maximum atomic E-state index is 12.5. The van der Waals surface area contributed by atoms with Crippen molar-refractivity contribution >= 4 is 33.2 Å². The Hall–Kier alpha value is -0.350. The Morgan fingerprint density at radius 3 is 2.53 bits per heavy atom. The second kappa shape index (κ2) is 7.17. The third kappa shape index (κ3) is 3.55. The van der Waals surface area contributed by atoms with E-state index in [1.165, 1.54) is 0 Å². The smallest absolute Gasteiger partial charge is 0.264 e. The number of nitrogens with zero attached hydrogens (tertiary/aromatic N) is 1. The molecule has 0 aliphatic heterocycles. The fourth-order valence-electron chi connectivity index (χ4n) is 1.99. The molecule has 1 heterocycles. The number of alkyl halides is 1. The van der Waals surface area contributed by atoms with Gasteiger partial charge in [0.05, 0.1) is 4.88 Å². The Morgan fingerprint density at radius 1 is 1.47 bits per heavy atom. The second-order valence-corrected chi connectivity index (χ2v) is 5.80. The third-order valence-electron chi connectivity index (χ3n) is 3.03. The number of thiophene rings is 1. The van der Waals surface area contributed by atoms with Crippen LogP contribution >= 0.6 is 27.3 Å². The van der Waals surface area contributed by atoms with Gasteiger partial charge in [-0.3, -0.25) is 4.79 Å². The number of hydrogen-bond donors (Lipinski definition) is 0. The molecule has 0 radical (unpaired) electrons. The molecule has 96 valence electrons. The Balaban J connectivity index is 2.91. The number of carbonyl (C=O) groups excluding carboxylic acids is 1. The molecule has 0 N–H and O–H groups in total. The van der Waals surface area contributed by atoms with Gasteiger partial charge in [-0.05, 0) is 36.8 Å². The first-order valence-electron chi connectivity index (χ1n) is 6.06. The summed E-state index contributed by atoms with van der Waals surface area (Å²) in [4.78, 5) is 15.4. The topological polar surface area (TPSA) is 20.3 Å². The van der Waals surface area contributed by atoms with Crippen LogP contribution in [0.5, 0.6) is 0 Å². The Bertz CT molecular complexity index is 360. The standard InChI is InChI=1S/C13H20BrNOS/c1-4-11(5-2)15(8-7-14)13(16)12-10(3)6-9-17-12/h6,9,11H,4-5,7-8H2,1-3H3. The summed E-state index contributed by atoms with van der Waals surface area (Å²) in [7, 11) is 0. The molecule has 4 heteroatoms. The van der Waals surface area contributed by atoms with Gasteiger partial charge < -0.3 is 4.90 Å². The fourth-order valence-corrected chi connectivity index (χ4v) is 3.26. The molecule has 1 aromatic heterocycles. The highest BCUT2D eigenvalue weighted by molar-refractivity contribution is 9.09. The van der Waals surface area contributed by atoms with E-state index < -0.39 is 0 Å². The number of rotatable bonds is 6. The molecular formula is C13H20BrNOS. The predicted molar refractivity (Wildman–Crippen MR) is 78.3 cm³/mol. The van der Waals surface area contributed by atoms with Crippen molar-refractivity contribution in [2.24, 2.45) is 0 Å². The predicted octanol–water partition coefficient (Wildman–Crippen LogP) is 4.08.